The van der Waals surface area contributed by atoms with Crippen LogP contribution in [0.1, 0.15) is 54.2 Å². The van der Waals surface area contributed by atoms with Gasteiger partial charge in [-0.1, -0.05) is 13.8 Å². The van der Waals surface area contributed by atoms with Gasteiger partial charge < -0.3 is 13.9 Å². The number of furan rings is 1. The van der Waals surface area contributed by atoms with Crippen molar-refractivity contribution >= 4 is 29.5 Å². The highest BCUT2D eigenvalue weighted by atomic mass is 16.5. The maximum atomic E-state index is 12.1. The first-order valence-electron chi connectivity index (χ1n) is 7.46. The first-order chi connectivity index (χ1) is 11.2. The van der Waals surface area contributed by atoms with Crippen LogP contribution in [0.4, 0.5) is 5.88 Å². The highest BCUT2D eigenvalue weighted by molar-refractivity contribution is 6.10. The molecule has 0 atom stereocenters. The highest BCUT2D eigenvalue weighted by Gasteiger charge is 2.28. The first-order valence-corrected chi connectivity index (χ1v) is 7.46. The van der Waals surface area contributed by atoms with E-state index >= 15 is 0 Å². The maximum Gasteiger partial charge on any atom is 0.344 e. The lowest BCUT2D eigenvalue weighted by molar-refractivity contribution is -0.150. The van der Waals surface area contributed by atoms with Crippen LogP contribution in [-0.2, 0) is 19.1 Å². The molecule has 0 bridgehead atoms. The Hall–Kier alpha value is -2.64. The van der Waals surface area contributed by atoms with Crippen molar-refractivity contribution in [3.8, 4) is 0 Å². The number of esters is 2. The van der Waals surface area contributed by atoms with E-state index in [0.717, 1.165) is 0 Å². The van der Waals surface area contributed by atoms with Gasteiger partial charge in [0.2, 0.25) is 5.88 Å². The maximum absolute atomic E-state index is 12.1. The van der Waals surface area contributed by atoms with E-state index in [2.05, 4.69) is 5.32 Å². The van der Waals surface area contributed by atoms with Crippen molar-refractivity contribution in [2.24, 2.45) is 5.92 Å². The van der Waals surface area contributed by atoms with Gasteiger partial charge in [0.1, 0.15) is 11.3 Å². The lowest BCUT2D eigenvalue weighted by Gasteiger charge is -2.08. The zero-order valence-corrected chi connectivity index (χ0v) is 14.3. The predicted molar refractivity (Wildman–Crippen MR) is 83.8 cm³/mol. The van der Waals surface area contributed by atoms with E-state index in [1.54, 1.807) is 20.8 Å². The lowest BCUT2D eigenvalue weighted by atomic mass is 10.1. The van der Waals surface area contributed by atoms with E-state index in [-0.39, 0.29) is 35.3 Å². The molecule has 8 nitrogen and oxygen atoms in total. The van der Waals surface area contributed by atoms with Crippen LogP contribution in [0.25, 0.3) is 0 Å². The van der Waals surface area contributed by atoms with Gasteiger partial charge in [0.05, 0.1) is 18.1 Å². The monoisotopic (exact) mass is 339 g/mol. The number of ether oxygens (including phenoxy) is 2. The molecule has 1 heterocycles. The van der Waals surface area contributed by atoms with Crippen LogP contribution in [0, 0.1) is 12.8 Å². The minimum Gasteiger partial charge on any atom is -0.462 e. The van der Waals surface area contributed by atoms with Crippen molar-refractivity contribution in [3.05, 3.63) is 16.9 Å². The molecule has 1 aromatic rings. The van der Waals surface area contributed by atoms with E-state index in [1.807, 2.05) is 0 Å². The van der Waals surface area contributed by atoms with Crippen LogP contribution >= 0.6 is 0 Å². The van der Waals surface area contributed by atoms with E-state index in [1.165, 1.54) is 13.8 Å². The molecule has 0 unspecified atom stereocenters. The first kappa shape index (κ1) is 19.4. The van der Waals surface area contributed by atoms with Gasteiger partial charge in [0.25, 0.3) is 5.91 Å². The van der Waals surface area contributed by atoms with Crippen LogP contribution in [0.15, 0.2) is 4.42 Å². The number of Topliss-reactive ketones (excluding diaryl/α,β-unsaturated/α-hetero) is 1. The van der Waals surface area contributed by atoms with Gasteiger partial charge in [-0.3, -0.25) is 19.7 Å². The molecule has 0 spiro atoms. The third kappa shape index (κ3) is 4.68. The van der Waals surface area contributed by atoms with Gasteiger partial charge in [-0.25, -0.2) is 4.79 Å². The smallest absolute Gasteiger partial charge is 0.344 e. The van der Waals surface area contributed by atoms with Crippen LogP contribution in [0.2, 0.25) is 0 Å². The summed E-state index contributed by atoms with van der Waals surface area (Å²) in [4.78, 5) is 47.0. The zero-order chi connectivity index (χ0) is 18.4. The van der Waals surface area contributed by atoms with Crippen molar-refractivity contribution in [2.45, 2.75) is 34.6 Å². The minimum atomic E-state index is -0.783. The second-order valence-electron chi connectivity index (χ2n) is 5.32. The van der Waals surface area contributed by atoms with Crippen molar-refractivity contribution in [2.75, 3.05) is 18.5 Å². The van der Waals surface area contributed by atoms with E-state index in [4.69, 9.17) is 13.9 Å². The number of rotatable bonds is 7. The molecule has 0 saturated heterocycles. The molecule has 0 aromatic carbocycles. The zero-order valence-electron chi connectivity index (χ0n) is 14.3. The van der Waals surface area contributed by atoms with E-state index in [9.17, 15) is 19.2 Å². The Kier molecular flexibility index (Phi) is 6.69. The van der Waals surface area contributed by atoms with Gasteiger partial charge in [0.15, 0.2) is 12.4 Å². The summed E-state index contributed by atoms with van der Waals surface area (Å²) in [7, 11) is 0. The quantitative estimate of drug-likeness (QED) is 0.598. The Morgan fingerprint density at radius 3 is 2.25 bits per heavy atom. The number of aryl methyl sites for hydroxylation is 1. The van der Waals surface area contributed by atoms with Crippen molar-refractivity contribution in [1.82, 2.24) is 0 Å². The molecule has 0 aliphatic carbocycles. The van der Waals surface area contributed by atoms with Gasteiger partial charge in [-0.2, -0.15) is 0 Å². The molecule has 0 fully saturated rings. The van der Waals surface area contributed by atoms with Crippen molar-refractivity contribution in [3.63, 3.8) is 0 Å². The number of anilines is 1. The van der Waals surface area contributed by atoms with Crippen LogP contribution < -0.4 is 5.32 Å². The standard InChI is InChI=1S/C16H21NO7/c1-6-22-16(21)13-12(9(4)18)10(5)24-14(13)17-11(19)7-23-15(20)8(2)3/h8H,6-7H2,1-5H3,(H,17,19). The average molecular weight is 339 g/mol. The number of ketones is 1. The minimum absolute atomic E-state index is 0.0444. The number of hydrogen-bond acceptors (Lipinski definition) is 7. The van der Waals surface area contributed by atoms with Crippen molar-refractivity contribution in [1.29, 1.82) is 0 Å². The molecule has 0 aliphatic heterocycles. The number of hydrogen-bond donors (Lipinski definition) is 1. The Bertz CT molecular complexity index is 658. The van der Waals surface area contributed by atoms with Crippen molar-refractivity contribution < 1.29 is 33.1 Å². The summed E-state index contributed by atoms with van der Waals surface area (Å²) < 4.78 is 15.0. The normalized spacial score (nSPS) is 10.4. The molecule has 1 amide bonds. The third-order valence-electron chi connectivity index (χ3n) is 2.99. The summed E-state index contributed by atoms with van der Waals surface area (Å²) in [6.07, 6.45) is 0. The summed E-state index contributed by atoms with van der Waals surface area (Å²) in [5.74, 6) is -2.81. The van der Waals surface area contributed by atoms with Crippen LogP contribution in [0.5, 0.6) is 0 Å². The Labute approximate surface area is 139 Å². The summed E-state index contributed by atoms with van der Waals surface area (Å²) in [5.41, 5.74) is -0.103. The molecule has 24 heavy (non-hydrogen) atoms. The fraction of sp³-hybridized carbons (Fsp3) is 0.500. The molecule has 1 rings (SSSR count). The summed E-state index contributed by atoms with van der Waals surface area (Å²) in [6, 6.07) is 0. The van der Waals surface area contributed by atoms with Gasteiger partial charge >= 0.3 is 11.9 Å². The number of nitrogens with one attached hydrogen (secondary N) is 1. The Balaban J connectivity index is 3.00. The molecule has 0 saturated carbocycles. The molecular formula is C16H21NO7. The van der Waals surface area contributed by atoms with Gasteiger partial charge in [-0.15, -0.1) is 0 Å². The van der Waals surface area contributed by atoms with Gasteiger partial charge in [0, 0.05) is 0 Å². The van der Waals surface area contributed by atoms with Gasteiger partial charge in [-0.05, 0) is 20.8 Å². The number of amides is 1. The topological polar surface area (TPSA) is 112 Å². The average Bonchev–Trinajstić information content (AvgIpc) is 2.81. The SMILES string of the molecule is CCOC(=O)c1c(NC(=O)COC(=O)C(C)C)oc(C)c1C(C)=O. The fourth-order valence-electron chi connectivity index (χ4n) is 1.92. The molecule has 1 N–H and O–H groups in total. The van der Waals surface area contributed by atoms with Crippen LogP contribution in [-0.4, -0.2) is 36.8 Å². The second-order valence-corrected chi connectivity index (χ2v) is 5.32. The molecule has 0 aliphatic rings. The molecule has 0 radical (unpaired) electrons. The second kappa shape index (κ2) is 8.28. The number of carbonyl (C=O) groups is 4. The van der Waals surface area contributed by atoms with E-state index < -0.39 is 30.2 Å². The van der Waals surface area contributed by atoms with Crippen LogP contribution in [0.3, 0.4) is 0 Å². The Morgan fingerprint density at radius 1 is 1.12 bits per heavy atom. The predicted octanol–water partition coefficient (Wildman–Crippen LogP) is 2.11. The molecular weight excluding hydrogens is 318 g/mol. The number of carbonyl (C=O) groups excluding carboxylic acids is 4. The molecule has 8 heteroatoms. The highest BCUT2D eigenvalue weighted by Crippen LogP contribution is 2.28. The summed E-state index contributed by atoms with van der Waals surface area (Å²) >= 11 is 0. The summed E-state index contributed by atoms with van der Waals surface area (Å²) in [6.45, 7) is 7.21. The third-order valence-corrected chi connectivity index (χ3v) is 2.99. The van der Waals surface area contributed by atoms with E-state index in [0.29, 0.717) is 0 Å². The lowest BCUT2D eigenvalue weighted by Crippen LogP contribution is -2.23. The Morgan fingerprint density at radius 2 is 1.75 bits per heavy atom. The largest absolute Gasteiger partial charge is 0.462 e. The molecule has 1 aromatic heterocycles. The molecule has 132 valence electrons. The fourth-order valence-corrected chi connectivity index (χ4v) is 1.92. The summed E-state index contributed by atoms with van der Waals surface area (Å²) in [5, 5.41) is 2.32.